The molecule has 19 heavy (non-hydrogen) atoms. The van der Waals surface area contributed by atoms with Crippen LogP contribution in [0, 0.1) is 0 Å². The van der Waals surface area contributed by atoms with Gasteiger partial charge in [-0.3, -0.25) is 4.79 Å². The van der Waals surface area contributed by atoms with E-state index in [9.17, 15) is 4.79 Å². The fraction of sp³-hybridized carbons (Fsp3) is 0. The summed E-state index contributed by atoms with van der Waals surface area (Å²) >= 11 is 0. The Labute approximate surface area is 107 Å². The molecule has 3 aromatic rings. The van der Waals surface area contributed by atoms with E-state index in [-0.39, 0.29) is 11.4 Å². The first kappa shape index (κ1) is 11.2. The Hall–Kier alpha value is -2.89. The largest absolute Gasteiger partial charge is 0.398 e. The van der Waals surface area contributed by atoms with Crippen molar-refractivity contribution < 1.29 is 4.52 Å². The van der Waals surface area contributed by atoms with Crippen molar-refractivity contribution in [3.63, 3.8) is 0 Å². The maximum absolute atomic E-state index is 11.2. The van der Waals surface area contributed by atoms with Crippen LogP contribution in [0.4, 0.5) is 5.69 Å². The van der Waals surface area contributed by atoms with Gasteiger partial charge in [0.1, 0.15) is 0 Å². The molecule has 0 spiro atoms. The Morgan fingerprint density at radius 1 is 1.21 bits per heavy atom. The molecule has 6 heteroatoms. The standard InChI is InChI=1S/C13H10N4O2/c14-10-4-2-1-3-9(10)12-16-13(19-17-12)8-5-6-15-11(18)7-8/h1-7H,14H2,(H,15,18). The van der Waals surface area contributed by atoms with Crippen LogP contribution in [-0.2, 0) is 0 Å². The average molecular weight is 254 g/mol. The molecule has 0 aliphatic heterocycles. The van der Waals surface area contributed by atoms with Gasteiger partial charge in [0.2, 0.25) is 11.4 Å². The molecule has 2 heterocycles. The van der Waals surface area contributed by atoms with Gasteiger partial charge < -0.3 is 15.2 Å². The fourth-order valence-corrected chi connectivity index (χ4v) is 1.73. The van der Waals surface area contributed by atoms with Crippen molar-refractivity contribution in [2.75, 3.05) is 5.73 Å². The molecule has 2 aromatic heterocycles. The van der Waals surface area contributed by atoms with Gasteiger partial charge in [-0.25, -0.2) is 0 Å². The topological polar surface area (TPSA) is 97.8 Å². The lowest BCUT2D eigenvalue weighted by Crippen LogP contribution is -2.02. The quantitative estimate of drug-likeness (QED) is 0.678. The summed E-state index contributed by atoms with van der Waals surface area (Å²) in [6.07, 6.45) is 1.53. The molecular formula is C13H10N4O2. The highest BCUT2D eigenvalue weighted by molar-refractivity contribution is 5.71. The molecule has 0 amide bonds. The Morgan fingerprint density at radius 3 is 2.84 bits per heavy atom. The highest BCUT2D eigenvalue weighted by atomic mass is 16.5. The van der Waals surface area contributed by atoms with Crippen LogP contribution in [0.25, 0.3) is 22.8 Å². The molecule has 0 radical (unpaired) electrons. The van der Waals surface area contributed by atoms with Crippen molar-refractivity contribution >= 4 is 5.69 Å². The Kier molecular flexibility index (Phi) is 2.60. The zero-order valence-corrected chi connectivity index (χ0v) is 9.83. The van der Waals surface area contributed by atoms with Gasteiger partial charge in [-0.15, -0.1) is 0 Å². The molecule has 0 fully saturated rings. The normalized spacial score (nSPS) is 10.5. The molecule has 3 N–H and O–H groups in total. The van der Waals surface area contributed by atoms with Crippen LogP contribution in [0.1, 0.15) is 0 Å². The van der Waals surface area contributed by atoms with Crippen LogP contribution >= 0.6 is 0 Å². The Bertz CT molecular complexity index is 776. The number of hydrogen-bond acceptors (Lipinski definition) is 5. The average Bonchev–Trinajstić information content (AvgIpc) is 2.89. The monoisotopic (exact) mass is 254 g/mol. The highest BCUT2D eigenvalue weighted by Crippen LogP contribution is 2.25. The van der Waals surface area contributed by atoms with Crippen molar-refractivity contribution in [2.45, 2.75) is 0 Å². The minimum absolute atomic E-state index is 0.225. The van der Waals surface area contributed by atoms with Crippen LogP contribution < -0.4 is 11.3 Å². The zero-order chi connectivity index (χ0) is 13.2. The second kappa shape index (κ2) is 4.41. The number of H-pyrrole nitrogens is 1. The molecule has 0 aliphatic carbocycles. The number of nitrogens with one attached hydrogen (secondary N) is 1. The van der Waals surface area contributed by atoms with E-state index < -0.39 is 0 Å². The number of nitrogens with zero attached hydrogens (tertiary/aromatic N) is 2. The Morgan fingerprint density at radius 2 is 2.05 bits per heavy atom. The van der Waals surface area contributed by atoms with Crippen molar-refractivity contribution in [2.24, 2.45) is 0 Å². The van der Waals surface area contributed by atoms with Gasteiger partial charge in [-0.2, -0.15) is 4.98 Å². The summed E-state index contributed by atoms with van der Waals surface area (Å²) in [5.41, 5.74) is 7.46. The van der Waals surface area contributed by atoms with Crippen LogP contribution in [0.3, 0.4) is 0 Å². The number of rotatable bonds is 2. The molecule has 0 aliphatic rings. The number of benzene rings is 1. The number of aromatic nitrogens is 3. The lowest BCUT2D eigenvalue weighted by Gasteiger charge is -1.97. The molecule has 0 atom stereocenters. The molecule has 0 bridgehead atoms. The van der Waals surface area contributed by atoms with Crippen molar-refractivity contribution in [1.29, 1.82) is 0 Å². The molecule has 0 unspecified atom stereocenters. The maximum Gasteiger partial charge on any atom is 0.258 e. The molecule has 0 saturated carbocycles. The van der Waals surface area contributed by atoms with E-state index in [0.717, 1.165) is 0 Å². The Balaban J connectivity index is 2.05. The van der Waals surface area contributed by atoms with E-state index in [0.29, 0.717) is 22.6 Å². The first-order valence-electron chi connectivity index (χ1n) is 5.62. The number of pyridine rings is 1. The second-order valence-corrected chi connectivity index (χ2v) is 3.95. The summed E-state index contributed by atoms with van der Waals surface area (Å²) < 4.78 is 5.15. The van der Waals surface area contributed by atoms with E-state index in [1.54, 1.807) is 12.1 Å². The number of para-hydroxylation sites is 1. The van der Waals surface area contributed by atoms with Gasteiger partial charge in [0, 0.05) is 29.1 Å². The summed E-state index contributed by atoms with van der Waals surface area (Å²) in [6.45, 7) is 0. The minimum Gasteiger partial charge on any atom is -0.398 e. The smallest absolute Gasteiger partial charge is 0.258 e. The van der Waals surface area contributed by atoms with E-state index >= 15 is 0 Å². The van der Waals surface area contributed by atoms with E-state index in [2.05, 4.69) is 15.1 Å². The summed E-state index contributed by atoms with van der Waals surface area (Å²) in [4.78, 5) is 18.0. The van der Waals surface area contributed by atoms with Crippen molar-refractivity contribution in [3.05, 3.63) is 52.9 Å². The molecule has 1 aromatic carbocycles. The third kappa shape index (κ3) is 2.11. The van der Waals surface area contributed by atoms with E-state index in [4.69, 9.17) is 10.3 Å². The van der Waals surface area contributed by atoms with Gasteiger partial charge >= 0.3 is 0 Å². The summed E-state index contributed by atoms with van der Waals surface area (Å²) in [5, 5.41) is 3.87. The first-order valence-corrected chi connectivity index (χ1v) is 5.62. The van der Waals surface area contributed by atoms with Crippen molar-refractivity contribution in [3.8, 4) is 22.8 Å². The SMILES string of the molecule is Nc1ccccc1-c1noc(-c2cc[nH]c(=O)c2)n1. The molecular weight excluding hydrogens is 244 g/mol. The van der Waals surface area contributed by atoms with Gasteiger partial charge in [0.25, 0.3) is 5.89 Å². The number of nitrogen functional groups attached to an aromatic ring is 1. The van der Waals surface area contributed by atoms with Crippen LogP contribution in [-0.4, -0.2) is 15.1 Å². The van der Waals surface area contributed by atoms with Gasteiger partial charge in [0.15, 0.2) is 0 Å². The highest BCUT2D eigenvalue weighted by Gasteiger charge is 2.12. The molecule has 0 saturated heterocycles. The van der Waals surface area contributed by atoms with E-state index in [1.165, 1.54) is 12.3 Å². The van der Waals surface area contributed by atoms with Crippen LogP contribution in [0.15, 0.2) is 51.9 Å². The van der Waals surface area contributed by atoms with Crippen LogP contribution in [0.5, 0.6) is 0 Å². The number of nitrogens with two attached hydrogens (primary N) is 1. The lowest BCUT2D eigenvalue weighted by molar-refractivity contribution is 0.432. The number of hydrogen-bond donors (Lipinski definition) is 2. The van der Waals surface area contributed by atoms with Crippen molar-refractivity contribution in [1.82, 2.24) is 15.1 Å². The first-order chi connectivity index (χ1) is 9.24. The predicted molar refractivity (Wildman–Crippen MR) is 70.2 cm³/mol. The predicted octanol–water partition coefficient (Wildman–Crippen LogP) is 1.67. The molecule has 94 valence electrons. The number of aromatic amines is 1. The lowest BCUT2D eigenvalue weighted by atomic mass is 10.2. The van der Waals surface area contributed by atoms with Gasteiger partial charge in [-0.1, -0.05) is 17.3 Å². The molecule has 3 rings (SSSR count). The summed E-state index contributed by atoms with van der Waals surface area (Å²) in [5.74, 6) is 0.678. The maximum atomic E-state index is 11.2. The van der Waals surface area contributed by atoms with E-state index in [1.807, 2.05) is 18.2 Å². The fourth-order valence-electron chi connectivity index (χ4n) is 1.73. The van der Waals surface area contributed by atoms with Crippen LogP contribution in [0.2, 0.25) is 0 Å². The molecule has 6 nitrogen and oxygen atoms in total. The van der Waals surface area contributed by atoms with Gasteiger partial charge in [-0.05, 0) is 18.2 Å². The van der Waals surface area contributed by atoms with Gasteiger partial charge in [0.05, 0.1) is 0 Å². The third-order valence-corrected chi connectivity index (χ3v) is 2.65. The minimum atomic E-state index is -0.225. The number of anilines is 1. The summed E-state index contributed by atoms with van der Waals surface area (Å²) in [6, 6.07) is 10.3. The summed E-state index contributed by atoms with van der Waals surface area (Å²) in [7, 11) is 0. The third-order valence-electron chi connectivity index (χ3n) is 2.65. The zero-order valence-electron chi connectivity index (χ0n) is 9.83. The second-order valence-electron chi connectivity index (χ2n) is 3.95.